The molecule has 0 saturated heterocycles. The summed E-state index contributed by atoms with van der Waals surface area (Å²) in [7, 11) is 7.90. The van der Waals surface area contributed by atoms with E-state index in [1.54, 1.807) is 6.07 Å². The molecule has 1 aliphatic rings. The lowest BCUT2D eigenvalue weighted by molar-refractivity contribution is 0.116. The van der Waals surface area contributed by atoms with Gasteiger partial charge in [-0.1, -0.05) is 12.1 Å². The zero-order chi connectivity index (χ0) is 12.6. The molecule has 2 rings (SSSR count). The minimum absolute atomic E-state index is 0.0323. The number of hydrazine groups is 2. The molecular weight excluding hydrogens is 218 g/mol. The van der Waals surface area contributed by atoms with Crippen LogP contribution in [0.4, 0.5) is 11.4 Å². The second kappa shape index (κ2) is 4.50. The number of fused-ring (bicyclic) bond motifs is 1. The molecule has 0 radical (unpaired) electrons. The molecule has 17 heavy (non-hydrogen) atoms. The predicted octanol–water partition coefficient (Wildman–Crippen LogP) is 0.637. The van der Waals surface area contributed by atoms with E-state index in [-0.39, 0.29) is 6.29 Å². The molecular formula is C11H18N5O-. The normalized spacial score (nSPS) is 15.3. The highest BCUT2D eigenvalue weighted by Crippen LogP contribution is 2.33. The van der Waals surface area contributed by atoms with Crippen LogP contribution in [0.3, 0.4) is 0 Å². The van der Waals surface area contributed by atoms with Crippen molar-refractivity contribution in [1.82, 2.24) is 15.3 Å². The van der Waals surface area contributed by atoms with E-state index in [1.165, 1.54) is 0 Å². The number of nitrogens with one attached hydrogen (secondary N) is 1. The van der Waals surface area contributed by atoms with Crippen molar-refractivity contribution in [1.29, 1.82) is 0 Å². The van der Waals surface area contributed by atoms with Crippen molar-refractivity contribution in [2.75, 3.05) is 38.4 Å². The van der Waals surface area contributed by atoms with E-state index >= 15 is 0 Å². The lowest BCUT2D eigenvalue weighted by Crippen LogP contribution is -2.59. The smallest absolute Gasteiger partial charge is 0.155 e. The van der Waals surface area contributed by atoms with Gasteiger partial charge in [0.2, 0.25) is 0 Å². The van der Waals surface area contributed by atoms with Gasteiger partial charge in [0.05, 0.1) is 11.4 Å². The summed E-state index contributed by atoms with van der Waals surface area (Å²) in [5.41, 5.74) is 4.33. The van der Waals surface area contributed by atoms with Crippen LogP contribution in [0, 0.1) is 5.21 Å². The molecule has 0 aliphatic carbocycles. The first-order valence-electron chi connectivity index (χ1n) is 5.47. The standard InChI is InChI=1S/C11H18N5O/c1-13(2)11(14(3)4)15-9-7-5-6-8-10(9)16(17)12-15/h5-8,11-12H,1-4H3/q-1. The minimum atomic E-state index is -0.0323. The second-order valence-electron chi connectivity index (χ2n) is 4.53. The SMILES string of the molecule is CN(C)C(N(C)C)N1NN([O-])c2ccccc21. The molecule has 94 valence electrons. The highest BCUT2D eigenvalue weighted by molar-refractivity contribution is 5.74. The molecule has 0 fully saturated rings. The summed E-state index contributed by atoms with van der Waals surface area (Å²) in [4.78, 5) is 4.06. The van der Waals surface area contributed by atoms with Crippen molar-refractivity contribution in [3.63, 3.8) is 0 Å². The Labute approximate surface area is 102 Å². The Hall–Kier alpha value is -1.34. The highest BCUT2D eigenvalue weighted by atomic mass is 16.6. The van der Waals surface area contributed by atoms with Crippen LogP contribution in [-0.4, -0.2) is 44.3 Å². The number of para-hydroxylation sites is 2. The molecule has 1 N–H and O–H groups in total. The quantitative estimate of drug-likeness (QED) is 0.777. The van der Waals surface area contributed by atoms with E-state index in [1.807, 2.05) is 61.2 Å². The number of anilines is 2. The Morgan fingerprint density at radius 3 is 2.12 bits per heavy atom. The Balaban J connectivity index is 2.35. The molecule has 0 atom stereocenters. The first-order chi connectivity index (χ1) is 8.02. The number of rotatable bonds is 3. The monoisotopic (exact) mass is 236 g/mol. The van der Waals surface area contributed by atoms with Crippen LogP contribution < -0.4 is 15.7 Å². The van der Waals surface area contributed by atoms with E-state index in [4.69, 9.17) is 0 Å². The molecule has 1 aliphatic heterocycles. The van der Waals surface area contributed by atoms with Crippen LogP contribution in [0.2, 0.25) is 0 Å². The first-order valence-corrected chi connectivity index (χ1v) is 5.47. The number of hydrogen-bond donors (Lipinski definition) is 1. The van der Waals surface area contributed by atoms with Gasteiger partial charge in [-0.2, -0.15) is 5.53 Å². The van der Waals surface area contributed by atoms with Gasteiger partial charge in [0.15, 0.2) is 6.29 Å². The topological polar surface area (TPSA) is 48.0 Å². The van der Waals surface area contributed by atoms with Crippen LogP contribution in [0.1, 0.15) is 0 Å². The molecule has 1 aromatic rings. The maximum Gasteiger partial charge on any atom is 0.155 e. The van der Waals surface area contributed by atoms with Gasteiger partial charge in [-0.3, -0.25) is 14.8 Å². The number of nitrogens with zero attached hydrogens (tertiary/aromatic N) is 4. The van der Waals surface area contributed by atoms with E-state index < -0.39 is 0 Å². The zero-order valence-corrected chi connectivity index (χ0v) is 10.6. The molecule has 0 bridgehead atoms. The average Bonchev–Trinajstić information content (AvgIpc) is 2.56. The van der Waals surface area contributed by atoms with Crippen molar-refractivity contribution in [2.24, 2.45) is 0 Å². The van der Waals surface area contributed by atoms with Gasteiger partial charge in [0, 0.05) is 0 Å². The van der Waals surface area contributed by atoms with Gasteiger partial charge in [-0.15, -0.1) is 0 Å². The van der Waals surface area contributed by atoms with Crippen LogP contribution in [0.15, 0.2) is 24.3 Å². The largest absolute Gasteiger partial charge is 0.742 e. The summed E-state index contributed by atoms with van der Waals surface area (Å²) in [6.07, 6.45) is -0.0323. The van der Waals surface area contributed by atoms with Crippen LogP contribution >= 0.6 is 0 Å². The Kier molecular flexibility index (Phi) is 3.21. The van der Waals surface area contributed by atoms with Gasteiger partial charge < -0.3 is 10.4 Å². The summed E-state index contributed by atoms with van der Waals surface area (Å²) in [6, 6.07) is 7.52. The van der Waals surface area contributed by atoms with E-state index in [0.29, 0.717) is 5.69 Å². The van der Waals surface area contributed by atoms with Crippen molar-refractivity contribution in [2.45, 2.75) is 6.29 Å². The predicted molar refractivity (Wildman–Crippen MR) is 69.1 cm³/mol. The fourth-order valence-electron chi connectivity index (χ4n) is 2.14. The summed E-state index contributed by atoms with van der Waals surface area (Å²) < 4.78 is 0. The average molecular weight is 236 g/mol. The first kappa shape index (κ1) is 12.1. The van der Waals surface area contributed by atoms with Crippen LogP contribution in [0.5, 0.6) is 0 Å². The molecule has 1 heterocycles. The lowest BCUT2D eigenvalue weighted by Gasteiger charge is -2.39. The van der Waals surface area contributed by atoms with Gasteiger partial charge in [0.25, 0.3) is 0 Å². The molecule has 0 saturated carbocycles. The molecule has 0 unspecified atom stereocenters. The summed E-state index contributed by atoms with van der Waals surface area (Å²) >= 11 is 0. The fraction of sp³-hybridized carbons (Fsp3) is 0.455. The Bertz CT molecular complexity index is 387. The molecule has 6 nitrogen and oxygen atoms in total. The third-order valence-corrected chi connectivity index (χ3v) is 2.71. The van der Waals surface area contributed by atoms with Gasteiger partial charge in [-0.25, -0.2) is 0 Å². The second-order valence-corrected chi connectivity index (χ2v) is 4.53. The number of hydrogen-bond acceptors (Lipinski definition) is 6. The lowest BCUT2D eigenvalue weighted by atomic mass is 10.2. The van der Waals surface area contributed by atoms with Crippen LogP contribution in [-0.2, 0) is 0 Å². The van der Waals surface area contributed by atoms with E-state index in [2.05, 4.69) is 5.53 Å². The zero-order valence-electron chi connectivity index (χ0n) is 10.6. The molecule has 6 heteroatoms. The maximum atomic E-state index is 11.8. The Morgan fingerprint density at radius 2 is 1.59 bits per heavy atom. The third-order valence-electron chi connectivity index (χ3n) is 2.71. The molecule has 0 spiro atoms. The van der Waals surface area contributed by atoms with Gasteiger partial charge >= 0.3 is 0 Å². The molecule has 0 amide bonds. The maximum absolute atomic E-state index is 11.8. The highest BCUT2D eigenvalue weighted by Gasteiger charge is 2.29. The van der Waals surface area contributed by atoms with Crippen molar-refractivity contribution >= 4 is 11.4 Å². The molecule has 0 aromatic heterocycles. The van der Waals surface area contributed by atoms with Crippen LogP contribution in [0.25, 0.3) is 0 Å². The summed E-state index contributed by atoms with van der Waals surface area (Å²) in [6.45, 7) is 0. The van der Waals surface area contributed by atoms with E-state index in [9.17, 15) is 5.21 Å². The Morgan fingerprint density at radius 1 is 1.06 bits per heavy atom. The number of benzene rings is 1. The summed E-state index contributed by atoms with van der Waals surface area (Å²) in [5.74, 6) is 0. The third kappa shape index (κ3) is 2.07. The summed E-state index contributed by atoms with van der Waals surface area (Å²) in [5, 5.41) is 14.4. The molecule has 1 aromatic carbocycles. The minimum Gasteiger partial charge on any atom is -0.742 e. The van der Waals surface area contributed by atoms with Gasteiger partial charge in [-0.05, 0) is 40.3 Å². The van der Waals surface area contributed by atoms with E-state index in [0.717, 1.165) is 10.9 Å². The van der Waals surface area contributed by atoms with Gasteiger partial charge in [0.1, 0.15) is 0 Å². The van der Waals surface area contributed by atoms with Crippen molar-refractivity contribution in [3.05, 3.63) is 29.5 Å². The van der Waals surface area contributed by atoms with Crippen molar-refractivity contribution in [3.8, 4) is 0 Å². The van der Waals surface area contributed by atoms with Crippen molar-refractivity contribution < 1.29 is 0 Å². The fourth-order valence-corrected chi connectivity index (χ4v) is 2.14.